The lowest BCUT2D eigenvalue weighted by Crippen LogP contribution is -2.48. The minimum absolute atomic E-state index is 0.0225. The van der Waals surface area contributed by atoms with Gasteiger partial charge in [0.05, 0.1) is 5.75 Å². The lowest BCUT2D eigenvalue weighted by Gasteiger charge is -2.39. The number of aromatic nitrogens is 2. The number of nitrogens with one attached hydrogen (secondary N) is 1. The summed E-state index contributed by atoms with van der Waals surface area (Å²) in [7, 11) is 1.45. The van der Waals surface area contributed by atoms with Crippen LogP contribution in [0.3, 0.4) is 0 Å². The van der Waals surface area contributed by atoms with E-state index in [1.807, 2.05) is 4.90 Å². The van der Waals surface area contributed by atoms with Crippen LogP contribution in [0.15, 0.2) is 4.34 Å². The molecule has 7 nitrogen and oxygen atoms in total. The van der Waals surface area contributed by atoms with Gasteiger partial charge < -0.3 is 9.64 Å². The van der Waals surface area contributed by atoms with Gasteiger partial charge >= 0.3 is 0 Å². The Morgan fingerprint density at radius 2 is 2.04 bits per heavy atom. The van der Waals surface area contributed by atoms with Crippen molar-refractivity contribution in [3.05, 3.63) is 0 Å². The molecule has 1 aromatic heterocycles. The van der Waals surface area contributed by atoms with Crippen molar-refractivity contribution in [1.82, 2.24) is 15.1 Å². The van der Waals surface area contributed by atoms with Gasteiger partial charge in [-0.05, 0) is 33.1 Å². The Balaban J connectivity index is 1.84. The van der Waals surface area contributed by atoms with Crippen LogP contribution >= 0.6 is 23.1 Å². The molecule has 2 heterocycles. The highest BCUT2D eigenvalue weighted by Gasteiger charge is 2.28. The first-order chi connectivity index (χ1) is 11.0. The van der Waals surface area contributed by atoms with Crippen molar-refractivity contribution in [1.29, 1.82) is 0 Å². The molecule has 9 heteroatoms. The van der Waals surface area contributed by atoms with Gasteiger partial charge in [0.25, 0.3) is 5.91 Å². The predicted molar refractivity (Wildman–Crippen MR) is 90.8 cm³/mol. The third-order valence-corrected chi connectivity index (χ3v) is 5.69. The molecule has 0 aromatic carbocycles. The van der Waals surface area contributed by atoms with E-state index in [0.717, 1.165) is 12.8 Å². The summed E-state index contributed by atoms with van der Waals surface area (Å²) in [6, 6.07) is 0.593. The number of nitrogens with zero attached hydrogens (tertiary/aromatic N) is 3. The molecule has 23 heavy (non-hydrogen) atoms. The summed E-state index contributed by atoms with van der Waals surface area (Å²) < 4.78 is 5.41. The summed E-state index contributed by atoms with van der Waals surface area (Å²) in [5, 5.41) is 10.9. The van der Waals surface area contributed by atoms with Crippen LogP contribution in [0.1, 0.15) is 33.1 Å². The summed E-state index contributed by atoms with van der Waals surface area (Å²) in [4.78, 5) is 25.8. The van der Waals surface area contributed by atoms with E-state index in [2.05, 4.69) is 29.4 Å². The topological polar surface area (TPSA) is 84.4 Å². The summed E-state index contributed by atoms with van der Waals surface area (Å²) in [5.74, 6) is 0.206. The number of carbonyl (C=O) groups excluding carboxylic acids is 2. The highest BCUT2D eigenvalue weighted by molar-refractivity contribution is 8.01. The second-order valence-corrected chi connectivity index (χ2v) is 7.77. The van der Waals surface area contributed by atoms with Gasteiger partial charge in [-0.25, -0.2) is 0 Å². The highest BCUT2D eigenvalue weighted by atomic mass is 32.2. The van der Waals surface area contributed by atoms with Crippen molar-refractivity contribution in [2.75, 3.05) is 24.8 Å². The number of anilines is 1. The first kappa shape index (κ1) is 18.2. The monoisotopic (exact) mass is 358 g/mol. The van der Waals surface area contributed by atoms with Gasteiger partial charge in [0.15, 0.2) is 4.34 Å². The Bertz CT molecular complexity index is 542. The number of hydrogen-bond donors (Lipinski definition) is 1. The van der Waals surface area contributed by atoms with Gasteiger partial charge in [-0.3, -0.25) is 14.9 Å². The van der Waals surface area contributed by atoms with Crippen LogP contribution in [-0.4, -0.2) is 58.5 Å². The Morgan fingerprint density at radius 1 is 1.35 bits per heavy atom. The quantitative estimate of drug-likeness (QED) is 0.618. The van der Waals surface area contributed by atoms with Crippen LogP contribution in [0.4, 0.5) is 5.13 Å². The summed E-state index contributed by atoms with van der Waals surface area (Å²) in [6.45, 7) is 4.19. The van der Waals surface area contributed by atoms with Crippen LogP contribution in [0.2, 0.25) is 0 Å². The molecule has 1 saturated heterocycles. The van der Waals surface area contributed by atoms with Gasteiger partial charge in [0.2, 0.25) is 11.0 Å². The average molecular weight is 358 g/mol. The Labute approximate surface area is 144 Å². The standard InChI is InChI=1S/C14H22N4O3S2/c1-9-5-4-6-10(2)18(9)12(20)8-22-14-17-16-13(23-14)15-11(19)7-21-3/h9-10H,4-8H2,1-3H3,(H,15,16,19)/t9-,10-/m0/s1. The van der Waals surface area contributed by atoms with Gasteiger partial charge in [0, 0.05) is 19.2 Å². The highest BCUT2D eigenvalue weighted by Crippen LogP contribution is 2.28. The van der Waals surface area contributed by atoms with Crippen molar-refractivity contribution in [2.45, 2.75) is 49.5 Å². The van der Waals surface area contributed by atoms with E-state index in [1.54, 1.807) is 0 Å². The number of ether oxygens (including phenoxy) is 1. The third kappa shape index (κ3) is 5.15. The SMILES string of the molecule is COCC(=O)Nc1nnc(SCC(=O)N2[C@@H](C)CCC[C@@H]2C)s1. The summed E-state index contributed by atoms with van der Waals surface area (Å²) >= 11 is 2.62. The Morgan fingerprint density at radius 3 is 2.70 bits per heavy atom. The molecular weight excluding hydrogens is 336 g/mol. The van der Waals surface area contributed by atoms with Crippen molar-refractivity contribution >= 4 is 40.0 Å². The fraction of sp³-hybridized carbons (Fsp3) is 0.714. The normalized spacial score (nSPS) is 21.3. The molecule has 2 rings (SSSR count). The van der Waals surface area contributed by atoms with E-state index < -0.39 is 0 Å². The van der Waals surface area contributed by atoms with Crippen LogP contribution in [0.25, 0.3) is 0 Å². The van der Waals surface area contributed by atoms with Crippen LogP contribution < -0.4 is 5.32 Å². The van der Waals surface area contributed by atoms with Crippen molar-refractivity contribution in [2.24, 2.45) is 0 Å². The maximum absolute atomic E-state index is 12.4. The lowest BCUT2D eigenvalue weighted by molar-refractivity contribution is -0.134. The molecule has 0 saturated carbocycles. The van der Waals surface area contributed by atoms with E-state index in [-0.39, 0.29) is 18.4 Å². The number of likely N-dealkylation sites (tertiary alicyclic amines) is 1. The minimum atomic E-state index is -0.271. The molecule has 0 unspecified atom stereocenters. The molecule has 1 aliphatic heterocycles. The molecule has 1 N–H and O–H groups in total. The van der Waals surface area contributed by atoms with E-state index >= 15 is 0 Å². The van der Waals surface area contributed by atoms with E-state index in [9.17, 15) is 9.59 Å². The third-order valence-electron chi connectivity index (χ3n) is 3.73. The zero-order valence-electron chi connectivity index (χ0n) is 13.6. The molecular formula is C14H22N4O3S2. The first-order valence-corrected chi connectivity index (χ1v) is 9.37. The van der Waals surface area contributed by atoms with Crippen molar-refractivity contribution < 1.29 is 14.3 Å². The predicted octanol–water partition coefficient (Wildman–Crippen LogP) is 2.00. The van der Waals surface area contributed by atoms with Crippen molar-refractivity contribution in [3.8, 4) is 0 Å². The molecule has 2 amide bonds. The summed E-state index contributed by atoms with van der Waals surface area (Å²) in [6.07, 6.45) is 3.31. The second kappa shape index (κ2) is 8.60. The number of hydrogen-bond acceptors (Lipinski definition) is 7. The Kier molecular flexibility index (Phi) is 6.79. The maximum atomic E-state index is 12.4. The fourth-order valence-electron chi connectivity index (χ4n) is 2.72. The average Bonchev–Trinajstić information content (AvgIpc) is 2.92. The molecule has 0 radical (unpaired) electrons. The number of piperidine rings is 1. The second-order valence-electron chi connectivity index (χ2n) is 5.57. The fourth-order valence-corrected chi connectivity index (χ4v) is 4.35. The maximum Gasteiger partial charge on any atom is 0.252 e. The zero-order valence-corrected chi connectivity index (χ0v) is 15.2. The molecule has 0 spiro atoms. The van der Waals surface area contributed by atoms with E-state index in [0.29, 0.717) is 27.3 Å². The smallest absolute Gasteiger partial charge is 0.252 e. The van der Waals surface area contributed by atoms with Gasteiger partial charge in [0.1, 0.15) is 6.61 Å². The lowest BCUT2D eigenvalue weighted by atomic mass is 9.98. The minimum Gasteiger partial charge on any atom is -0.375 e. The van der Waals surface area contributed by atoms with Gasteiger partial charge in [-0.1, -0.05) is 23.1 Å². The molecule has 1 aromatic rings. The number of carbonyl (C=O) groups is 2. The van der Waals surface area contributed by atoms with Crippen molar-refractivity contribution in [3.63, 3.8) is 0 Å². The Hall–Kier alpha value is -1.19. The van der Waals surface area contributed by atoms with Crippen LogP contribution in [-0.2, 0) is 14.3 Å². The zero-order chi connectivity index (χ0) is 16.8. The first-order valence-electron chi connectivity index (χ1n) is 7.57. The number of thioether (sulfide) groups is 1. The van der Waals surface area contributed by atoms with E-state index in [4.69, 9.17) is 4.74 Å². The number of methoxy groups -OCH3 is 1. The van der Waals surface area contributed by atoms with Gasteiger partial charge in [-0.15, -0.1) is 10.2 Å². The number of rotatable bonds is 6. The molecule has 1 fully saturated rings. The number of amides is 2. The molecule has 0 bridgehead atoms. The van der Waals surface area contributed by atoms with Gasteiger partial charge in [-0.2, -0.15) is 0 Å². The van der Waals surface area contributed by atoms with E-state index in [1.165, 1.54) is 36.6 Å². The molecule has 1 aliphatic rings. The molecule has 128 valence electrons. The molecule has 2 atom stereocenters. The largest absolute Gasteiger partial charge is 0.375 e. The van der Waals surface area contributed by atoms with Crippen LogP contribution in [0.5, 0.6) is 0 Å². The van der Waals surface area contributed by atoms with Crippen LogP contribution in [0, 0.1) is 0 Å². The summed E-state index contributed by atoms with van der Waals surface area (Å²) in [5.41, 5.74) is 0. The molecule has 0 aliphatic carbocycles.